The smallest absolute Gasteiger partial charge is 0.163 e. The van der Waals surface area contributed by atoms with E-state index in [-0.39, 0.29) is 17.7 Å². The molecule has 0 N–H and O–H groups in total. The second kappa shape index (κ2) is 4.84. The highest BCUT2D eigenvalue weighted by Crippen LogP contribution is 2.26. The molecule has 1 aromatic carbocycles. The molecule has 17 heavy (non-hydrogen) atoms. The number of rotatable bonds is 3. The van der Waals surface area contributed by atoms with Crippen molar-refractivity contribution >= 4 is 5.78 Å². The van der Waals surface area contributed by atoms with Gasteiger partial charge in [0.15, 0.2) is 5.78 Å². The highest BCUT2D eigenvalue weighted by Gasteiger charge is 2.20. The first-order valence-corrected chi connectivity index (χ1v) is 5.63. The van der Waals surface area contributed by atoms with Gasteiger partial charge in [-0.05, 0) is 31.5 Å². The van der Waals surface area contributed by atoms with Gasteiger partial charge in [0, 0.05) is 6.42 Å². The monoisotopic (exact) mass is 238 g/mol. The van der Waals surface area contributed by atoms with Gasteiger partial charge in [-0.2, -0.15) is 0 Å². The van der Waals surface area contributed by atoms with Gasteiger partial charge in [0.2, 0.25) is 0 Å². The van der Waals surface area contributed by atoms with Crippen molar-refractivity contribution in [2.24, 2.45) is 0 Å². The van der Waals surface area contributed by atoms with Crippen LogP contribution in [0.1, 0.15) is 29.3 Å². The second-order valence-corrected chi connectivity index (χ2v) is 4.26. The Balaban J connectivity index is 2.29. The van der Waals surface area contributed by atoms with Crippen LogP contribution in [0.25, 0.3) is 0 Å². The van der Waals surface area contributed by atoms with E-state index in [1.807, 2.05) is 0 Å². The molecule has 0 radical (unpaired) electrons. The third-order valence-corrected chi connectivity index (χ3v) is 2.82. The SMILES string of the molecule is CC(=O)c1cc(F)c(C)cc1OC1CCOC1. The number of carbonyl (C=O) groups excluding carboxylic acids is 1. The third-order valence-electron chi connectivity index (χ3n) is 2.82. The molecule has 0 saturated carbocycles. The maximum Gasteiger partial charge on any atom is 0.163 e. The summed E-state index contributed by atoms with van der Waals surface area (Å²) >= 11 is 0. The zero-order valence-electron chi connectivity index (χ0n) is 9.96. The van der Waals surface area contributed by atoms with E-state index >= 15 is 0 Å². The van der Waals surface area contributed by atoms with Crippen molar-refractivity contribution in [2.75, 3.05) is 13.2 Å². The van der Waals surface area contributed by atoms with E-state index in [9.17, 15) is 9.18 Å². The van der Waals surface area contributed by atoms with E-state index in [0.29, 0.717) is 30.1 Å². The molecule has 1 heterocycles. The van der Waals surface area contributed by atoms with E-state index in [0.717, 1.165) is 6.42 Å². The zero-order chi connectivity index (χ0) is 12.4. The highest BCUT2D eigenvalue weighted by atomic mass is 19.1. The van der Waals surface area contributed by atoms with Crippen molar-refractivity contribution in [3.8, 4) is 5.75 Å². The first-order valence-electron chi connectivity index (χ1n) is 5.63. The van der Waals surface area contributed by atoms with Gasteiger partial charge < -0.3 is 9.47 Å². The van der Waals surface area contributed by atoms with Crippen LogP contribution in [0.3, 0.4) is 0 Å². The lowest BCUT2D eigenvalue weighted by Gasteiger charge is -2.15. The average molecular weight is 238 g/mol. The normalized spacial score (nSPS) is 19.4. The van der Waals surface area contributed by atoms with Gasteiger partial charge in [0.1, 0.15) is 17.7 Å². The number of halogens is 1. The Morgan fingerprint density at radius 1 is 1.53 bits per heavy atom. The van der Waals surface area contributed by atoms with Gasteiger partial charge in [-0.1, -0.05) is 0 Å². The average Bonchev–Trinajstić information content (AvgIpc) is 2.75. The highest BCUT2D eigenvalue weighted by molar-refractivity contribution is 5.96. The minimum Gasteiger partial charge on any atom is -0.487 e. The van der Waals surface area contributed by atoms with Gasteiger partial charge in [0.25, 0.3) is 0 Å². The van der Waals surface area contributed by atoms with Crippen LogP contribution in [0.2, 0.25) is 0 Å². The van der Waals surface area contributed by atoms with Crippen molar-refractivity contribution in [3.05, 3.63) is 29.1 Å². The van der Waals surface area contributed by atoms with Crippen LogP contribution in [-0.2, 0) is 4.74 Å². The van der Waals surface area contributed by atoms with Gasteiger partial charge in [-0.15, -0.1) is 0 Å². The molecule has 1 saturated heterocycles. The van der Waals surface area contributed by atoms with Crippen LogP contribution < -0.4 is 4.74 Å². The molecule has 0 bridgehead atoms. The molecule has 1 atom stereocenters. The number of aryl methyl sites for hydroxylation is 1. The minimum atomic E-state index is -0.384. The van der Waals surface area contributed by atoms with Crippen LogP contribution in [0.4, 0.5) is 4.39 Å². The summed E-state index contributed by atoms with van der Waals surface area (Å²) in [4.78, 5) is 11.4. The summed E-state index contributed by atoms with van der Waals surface area (Å²) in [7, 11) is 0. The standard InChI is InChI=1S/C13H15FO3/c1-8-5-13(17-10-3-4-16-7-10)11(9(2)15)6-12(8)14/h5-6,10H,3-4,7H2,1-2H3. The van der Waals surface area contributed by atoms with Gasteiger partial charge >= 0.3 is 0 Å². The lowest BCUT2D eigenvalue weighted by molar-refractivity contribution is 0.100. The Morgan fingerprint density at radius 3 is 2.88 bits per heavy atom. The predicted molar refractivity (Wildman–Crippen MR) is 61.0 cm³/mol. The second-order valence-electron chi connectivity index (χ2n) is 4.26. The summed E-state index contributed by atoms with van der Waals surface area (Å²) in [5, 5.41) is 0. The number of carbonyl (C=O) groups is 1. The Bertz CT molecular complexity index is 437. The molecule has 0 aliphatic carbocycles. The van der Waals surface area contributed by atoms with Gasteiger partial charge in [-0.25, -0.2) is 4.39 Å². The number of hydrogen-bond donors (Lipinski definition) is 0. The maximum atomic E-state index is 13.4. The van der Waals surface area contributed by atoms with Crippen LogP contribution >= 0.6 is 0 Å². The Morgan fingerprint density at radius 2 is 2.29 bits per heavy atom. The Kier molecular flexibility index (Phi) is 3.43. The van der Waals surface area contributed by atoms with E-state index in [4.69, 9.17) is 9.47 Å². The van der Waals surface area contributed by atoms with Crippen molar-refractivity contribution in [1.29, 1.82) is 0 Å². The Labute approximate surface area is 99.5 Å². The molecule has 0 amide bonds. The maximum absolute atomic E-state index is 13.4. The van der Waals surface area contributed by atoms with Crippen LogP contribution in [-0.4, -0.2) is 25.1 Å². The summed E-state index contributed by atoms with van der Waals surface area (Å²) < 4.78 is 24.3. The minimum absolute atomic E-state index is 0.0436. The van der Waals surface area contributed by atoms with Gasteiger partial charge in [0.05, 0.1) is 18.8 Å². The van der Waals surface area contributed by atoms with Crippen molar-refractivity contribution in [2.45, 2.75) is 26.4 Å². The van der Waals surface area contributed by atoms with Gasteiger partial charge in [-0.3, -0.25) is 4.79 Å². The first-order chi connectivity index (χ1) is 8.08. The molecule has 1 aromatic rings. The molecule has 1 aliphatic heterocycles. The Hall–Kier alpha value is -1.42. The van der Waals surface area contributed by atoms with E-state index in [2.05, 4.69) is 0 Å². The van der Waals surface area contributed by atoms with Crippen LogP contribution in [0.15, 0.2) is 12.1 Å². The summed E-state index contributed by atoms with van der Waals surface area (Å²) in [6.07, 6.45) is 0.756. The molecular formula is C13H15FO3. The molecule has 1 fully saturated rings. The van der Waals surface area contributed by atoms with Crippen LogP contribution in [0.5, 0.6) is 5.75 Å². The molecule has 0 spiro atoms. The number of ketones is 1. The first kappa shape index (κ1) is 12.0. The zero-order valence-corrected chi connectivity index (χ0v) is 9.96. The summed E-state index contributed by atoms with van der Waals surface area (Å²) in [6.45, 7) is 4.24. The lowest BCUT2D eigenvalue weighted by atomic mass is 10.1. The van der Waals surface area contributed by atoms with Crippen molar-refractivity contribution in [1.82, 2.24) is 0 Å². The summed E-state index contributed by atoms with van der Waals surface area (Å²) in [5.41, 5.74) is 0.768. The lowest BCUT2D eigenvalue weighted by Crippen LogP contribution is -2.17. The van der Waals surface area contributed by atoms with E-state index < -0.39 is 0 Å². The summed E-state index contributed by atoms with van der Waals surface area (Å²) in [6, 6.07) is 2.81. The molecular weight excluding hydrogens is 223 g/mol. The fourth-order valence-corrected chi connectivity index (χ4v) is 1.81. The molecule has 0 aromatic heterocycles. The van der Waals surface area contributed by atoms with E-state index in [1.165, 1.54) is 13.0 Å². The largest absolute Gasteiger partial charge is 0.487 e. The third kappa shape index (κ3) is 2.64. The number of Topliss-reactive ketones (excluding diaryl/α,β-unsaturated/α-hetero) is 1. The number of benzene rings is 1. The number of ether oxygens (including phenoxy) is 2. The fraction of sp³-hybridized carbons (Fsp3) is 0.462. The molecule has 3 nitrogen and oxygen atoms in total. The predicted octanol–water partition coefficient (Wildman–Crippen LogP) is 2.50. The fourth-order valence-electron chi connectivity index (χ4n) is 1.81. The molecule has 1 unspecified atom stereocenters. The topological polar surface area (TPSA) is 35.5 Å². The van der Waals surface area contributed by atoms with Crippen molar-refractivity contribution < 1.29 is 18.7 Å². The number of hydrogen-bond acceptors (Lipinski definition) is 3. The summed E-state index contributed by atoms with van der Waals surface area (Å²) in [5.74, 6) is -0.130. The molecule has 2 rings (SSSR count). The molecule has 1 aliphatic rings. The quantitative estimate of drug-likeness (QED) is 0.759. The van der Waals surface area contributed by atoms with Crippen LogP contribution in [0, 0.1) is 12.7 Å². The van der Waals surface area contributed by atoms with Crippen molar-refractivity contribution in [3.63, 3.8) is 0 Å². The van der Waals surface area contributed by atoms with E-state index in [1.54, 1.807) is 13.0 Å². The molecule has 4 heteroatoms. The molecule has 92 valence electrons.